The molecule has 2 rings (SSSR count). The van der Waals surface area contributed by atoms with Crippen LogP contribution < -0.4 is 4.90 Å². The summed E-state index contributed by atoms with van der Waals surface area (Å²) < 4.78 is 6.54. The summed E-state index contributed by atoms with van der Waals surface area (Å²) in [6.45, 7) is 8.67. The highest BCUT2D eigenvalue weighted by Gasteiger charge is 2.34. The van der Waals surface area contributed by atoms with Crippen molar-refractivity contribution in [1.29, 1.82) is 0 Å². The van der Waals surface area contributed by atoms with Crippen molar-refractivity contribution in [2.45, 2.75) is 46.1 Å². The highest BCUT2D eigenvalue weighted by molar-refractivity contribution is 9.10. The van der Waals surface area contributed by atoms with Gasteiger partial charge in [0.2, 0.25) is 5.91 Å². The smallest absolute Gasteiger partial charge is 0.223 e. The number of aldehydes is 1. The fourth-order valence-electron chi connectivity index (χ4n) is 3.25. The lowest BCUT2D eigenvalue weighted by Gasteiger charge is -2.18. The van der Waals surface area contributed by atoms with Gasteiger partial charge in [-0.2, -0.15) is 0 Å². The molecular weight excluding hydrogens is 346 g/mol. The molecule has 22 heavy (non-hydrogen) atoms. The number of anilines is 1. The molecule has 5 heteroatoms. The first-order chi connectivity index (χ1) is 10.4. The number of rotatable bonds is 5. The summed E-state index contributed by atoms with van der Waals surface area (Å²) in [5.74, 6) is 0.154. The monoisotopic (exact) mass is 367 g/mol. The summed E-state index contributed by atoms with van der Waals surface area (Å²) in [6.07, 6.45) is 1.04. The van der Waals surface area contributed by atoms with E-state index in [0.29, 0.717) is 19.6 Å². The quantitative estimate of drug-likeness (QED) is 0.748. The Balaban J connectivity index is 2.43. The molecule has 0 spiro atoms. The fourth-order valence-corrected chi connectivity index (χ4v) is 3.58. The van der Waals surface area contributed by atoms with E-state index < -0.39 is 6.10 Å². The van der Waals surface area contributed by atoms with Crippen molar-refractivity contribution in [3.8, 4) is 0 Å². The van der Waals surface area contributed by atoms with E-state index in [4.69, 9.17) is 4.74 Å². The second kappa shape index (κ2) is 6.92. The lowest BCUT2D eigenvalue weighted by molar-refractivity contribution is -0.118. The SMILES string of the molecule is CCOC(C=O)CC1CN(C(C)=O)c2cc(C)c(Br)c(C)c21. The third kappa shape index (κ3) is 3.10. The van der Waals surface area contributed by atoms with E-state index in [9.17, 15) is 9.59 Å². The largest absolute Gasteiger partial charge is 0.371 e. The van der Waals surface area contributed by atoms with E-state index in [1.165, 1.54) is 0 Å². The van der Waals surface area contributed by atoms with Gasteiger partial charge in [-0.15, -0.1) is 0 Å². The molecule has 0 saturated heterocycles. The molecular formula is C17H22BrNO3. The fraction of sp³-hybridized carbons (Fsp3) is 0.529. The molecule has 1 heterocycles. The standard InChI is InChI=1S/C17H22BrNO3/c1-5-22-14(9-20)7-13-8-19(12(4)21)15-6-10(2)17(18)11(3)16(13)15/h6,9,13-14H,5,7-8H2,1-4H3. The molecule has 2 atom stereocenters. The van der Waals surface area contributed by atoms with Crippen LogP contribution in [0.25, 0.3) is 0 Å². The average Bonchev–Trinajstić information content (AvgIpc) is 2.83. The predicted octanol–water partition coefficient (Wildman–Crippen LogP) is 3.51. The van der Waals surface area contributed by atoms with Crippen molar-refractivity contribution < 1.29 is 14.3 Å². The minimum absolute atomic E-state index is 0.0314. The minimum Gasteiger partial charge on any atom is -0.371 e. The Morgan fingerprint density at radius 1 is 1.55 bits per heavy atom. The molecule has 1 aliphatic heterocycles. The second-order valence-corrected chi connectivity index (χ2v) is 6.55. The van der Waals surface area contributed by atoms with Gasteiger partial charge in [0.15, 0.2) is 0 Å². The Hall–Kier alpha value is -1.20. The number of aryl methyl sites for hydroxylation is 1. The first-order valence-corrected chi connectivity index (χ1v) is 8.34. The van der Waals surface area contributed by atoms with Crippen LogP contribution in [0, 0.1) is 13.8 Å². The number of carbonyl (C=O) groups excluding carboxylic acids is 2. The van der Waals surface area contributed by atoms with Crippen LogP contribution in [0.3, 0.4) is 0 Å². The van der Waals surface area contributed by atoms with Crippen LogP contribution >= 0.6 is 15.9 Å². The zero-order valence-corrected chi connectivity index (χ0v) is 15.1. The number of nitrogens with zero attached hydrogens (tertiary/aromatic N) is 1. The van der Waals surface area contributed by atoms with Gasteiger partial charge in [-0.1, -0.05) is 15.9 Å². The van der Waals surface area contributed by atoms with Gasteiger partial charge in [-0.25, -0.2) is 0 Å². The van der Waals surface area contributed by atoms with E-state index in [1.54, 1.807) is 11.8 Å². The number of hydrogen-bond donors (Lipinski definition) is 0. The number of benzene rings is 1. The van der Waals surface area contributed by atoms with Crippen LogP contribution in [0.4, 0.5) is 5.69 Å². The zero-order valence-electron chi connectivity index (χ0n) is 13.5. The van der Waals surface area contributed by atoms with Crippen molar-refractivity contribution >= 4 is 33.8 Å². The molecule has 0 radical (unpaired) electrons. The van der Waals surface area contributed by atoms with Gasteiger partial charge >= 0.3 is 0 Å². The maximum Gasteiger partial charge on any atom is 0.223 e. The van der Waals surface area contributed by atoms with Gasteiger partial charge in [-0.05, 0) is 49.9 Å². The number of fused-ring (bicyclic) bond motifs is 1. The van der Waals surface area contributed by atoms with Crippen molar-refractivity contribution in [3.05, 3.63) is 27.2 Å². The Kier molecular flexibility index (Phi) is 5.40. The first-order valence-electron chi connectivity index (χ1n) is 7.55. The summed E-state index contributed by atoms with van der Waals surface area (Å²) in [5.41, 5.74) is 4.38. The van der Waals surface area contributed by atoms with Crippen LogP contribution in [0.15, 0.2) is 10.5 Å². The summed E-state index contributed by atoms with van der Waals surface area (Å²) in [7, 11) is 0. The first kappa shape index (κ1) is 17.2. The van der Waals surface area contributed by atoms with Gasteiger partial charge in [0.05, 0.1) is 0 Å². The van der Waals surface area contributed by atoms with Crippen molar-refractivity contribution in [3.63, 3.8) is 0 Å². The number of carbonyl (C=O) groups is 2. The van der Waals surface area contributed by atoms with Crippen LogP contribution in [0.2, 0.25) is 0 Å². The number of ether oxygens (including phenoxy) is 1. The van der Waals surface area contributed by atoms with Crippen LogP contribution in [-0.4, -0.2) is 31.4 Å². The Bertz CT molecular complexity index is 600. The Labute approximate surface area is 140 Å². The van der Waals surface area contributed by atoms with E-state index in [-0.39, 0.29) is 11.8 Å². The van der Waals surface area contributed by atoms with Gasteiger partial charge < -0.3 is 14.4 Å². The van der Waals surface area contributed by atoms with Crippen LogP contribution in [0.5, 0.6) is 0 Å². The van der Waals surface area contributed by atoms with E-state index in [0.717, 1.165) is 33.1 Å². The number of halogens is 1. The summed E-state index contributed by atoms with van der Waals surface area (Å²) >= 11 is 3.63. The number of amides is 1. The molecule has 0 bridgehead atoms. The average molecular weight is 368 g/mol. The molecule has 1 aromatic carbocycles. The van der Waals surface area contributed by atoms with Crippen molar-refractivity contribution in [2.75, 3.05) is 18.1 Å². The summed E-state index contributed by atoms with van der Waals surface area (Å²) in [5, 5.41) is 0. The highest BCUT2D eigenvalue weighted by atomic mass is 79.9. The van der Waals surface area contributed by atoms with E-state index >= 15 is 0 Å². The van der Waals surface area contributed by atoms with Crippen molar-refractivity contribution in [2.24, 2.45) is 0 Å². The molecule has 0 N–H and O–H groups in total. The predicted molar refractivity (Wildman–Crippen MR) is 90.5 cm³/mol. The van der Waals surface area contributed by atoms with Crippen molar-refractivity contribution in [1.82, 2.24) is 0 Å². The van der Waals surface area contributed by atoms with E-state index in [2.05, 4.69) is 22.9 Å². The highest BCUT2D eigenvalue weighted by Crippen LogP contribution is 2.44. The third-order valence-corrected chi connectivity index (χ3v) is 5.46. The molecule has 2 unspecified atom stereocenters. The molecule has 1 aliphatic rings. The molecule has 0 aromatic heterocycles. The molecule has 4 nitrogen and oxygen atoms in total. The van der Waals surface area contributed by atoms with Gasteiger partial charge in [0.1, 0.15) is 12.4 Å². The topological polar surface area (TPSA) is 46.6 Å². The zero-order chi connectivity index (χ0) is 16.4. The molecule has 0 aliphatic carbocycles. The maximum absolute atomic E-state index is 12.0. The van der Waals surface area contributed by atoms with Gasteiger partial charge in [-0.3, -0.25) is 4.79 Å². The molecule has 0 saturated carbocycles. The third-order valence-electron chi connectivity index (χ3n) is 4.24. The minimum atomic E-state index is -0.422. The molecule has 0 fully saturated rings. The number of hydrogen-bond acceptors (Lipinski definition) is 3. The van der Waals surface area contributed by atoms with Gasteiger partial charge in [0.25, 0.3) is 0 Å². The molecule has 1 aromatic rings. The summed E-state index contributed by atoms with van der Waals surface area (Å²) in [4.78, 5) is 25.0. The van der Waals surface area contributed by atoms with Gasteiger partial charge in [0, 0.05) is 36.2 Å². The van der Waals surface area contributed by atoms with Crippen LogP contribution in [0.1, 0.15) is 42.9 Å². The Morgan fingerprint density at radius 2 is 2.23 bits per heavy atom. The second-order valence-electron chi connectivity index (χ2n) is 5.76. The Morgan fingerprint density at radius 3 is 2.77 bits per heavy atom. The lowest BCUT2D eigenvalue weighted by atomic mass is 9.91. The summed E-state index contributed by atoms with van der Waals surface area (Å²) in [6, 6.07) is 2.05. The lowest BCUT2D eigenvalue weighted by Crippen LogP contribution is -2.28. The molecule has 120 valence electrons. The van der Waals surface area contributed by atoms with E-state index in [1.807, 2.05) is 19.9 Å². The maximum atomic E-state index is 12.0. The molecule has 1 amide bonds. The normalized spacial score (nSPS) is 18.2. The van der Waals surface area contributed by atoms with Crippen LogP contribution in [-0.2, 0) is 14.3 Å².